The Morgan fingerprint density at radius 3 is 2.71 bits per heavy atom. The maximum Gasteiger partial charge on any atom is 0.275 e. The maximum absolute atomic E-state index is 13.5. The first-order chi connectivity index (χ1) is 7.97. The average Bonchev–Trinajstić information content (AvgIpc) is 2.20. The number of nitro benzene ring substituents is 1. The van der Waals surface area contributed by atoms with Crippen molar-refractivity contribution in [2.75, 3.05) is 0 Å². The van der Waals surface area contributed by atoms with E-state index in [0.29, 0.717) is 18.4 Å². The van der Waals surface area contributed by atoms with Crippen molar-refractivity contribution in [3.8, 4) is 5.75 Å². The van der Waals surface area contributed by atoms with E-state index in [1.54, 1.807) is 6.92 Å². The molecule has 17 heavy (non-hydrogen) atoms. The van der Waals surface area contributed by atoms with E-state index in [1.807, 2.05) is 0 Å². The number of rotatable bonds is 3. The van der Waals surface area contributed by atoms with Gasteiger partial charge in [0.05, 0.1) is 11.0 Å². The summed E-state index contributed by atoms with van der Waals surface area (Å²) >= 11 is 5.78. The van der Waals surface area contributed by atoms with E-state index in [-0.39, 0.29) is 22.9 Å². The largest absolute Gasteiger partial charge is 0.487 e. The van der Waals surface area contributed by atoms with Crippen molar-refractivity contribution in [1.82, 2.24) is 0 Å². The highest BCUT2D eigenvalue weighted by Gasteiger charge is 2.30. The predicted molar refractivity (Wildman–Crippen MR) is 61.1 cm³/mol. The third kappa shape index (κ3) is 2.49. The quantitative estimate of drug-likeness (QED) is 0.476. The van der Waals surface area contributed by atoms with Crippen LogP contribution in [0.25, 0.3) is 0 Å². The lowest BCUT2D eigenvalue weighted by Gasteiger charge is -2.31. The van der Waals surface area contributed by atoms with Crippen LogP contribution in [0.1, 0.15) is 18.4 Å². The number of ether oxygens (including phenoxy) is 1. The summed E-state index contributed by atoms with van der Waals surface area (Å²) in [4.78, 5) is 9.99. The number of alkyl halides is 1. The standard InChI is InChI=1S/C11H11ClFNO3/c1-6-2-11(17-8-3-7(12)4-8)9(13)5-10(6)14(15)16/h2,5,7-8H,3-4H2,1H3. The van der Waals surface area contributed by atoms with Gasteiger partial charge in [0, 0.05) is 23.8 Å². The lowest BCUT2D eigenvalue weighted by molar-refractivity contribution is -0.385. The lowest BCUT2D eigenvalue weighted by atomic mass is 9.95. The van der Waals surface area contributed by atoms with E-state index in [0.717, 1.165) is 6.07 Å². The fourth-order valence-corrected chi connectivity index (χ4v) is 2.11. The summed E-state index contributed by atoms with van der Waals surface area (Å²) in [6, 6.07) is 2.25. The van der Waals surface area contributed by atoms with Gasteiger partial charge >= 0.3 is 0 Å². The van der Waals surface area contributed by atoms with E-state index in [2.05, 4.69) is 0 Å². The van der Waals surface area contributed by atoms with E-state index in [1.165, 1.54) is 6.07 Å². The zero-order valence-corrected chi connectivity index (χ0v) is 9.91. The second kappa shape index (κ2) is 4.49. The molecule has 1 aliphatic rings. The van der Waals surface area contributed by atoms with Crippen LogP contribution in [0.5, 0.6) is 5.75 Å². The van der Waals surface area contributed by atoms with Gasteiger partial charge in [-0.15, -0.1) is 11.6 Å². The van der Waals surface area contributed by atoms with Crippen LogP contribution in [-0.2, 0) is 0 Å². The zero-order chi connectivity index (χ0) is 12.6. The van der Waals surface area contributed by atoms with Crippen molar-refractivity contribution in [2.45, 2.75) is 31.2 Å². The fraction of sp³-hybridized carbons (Fsp3) is 0.455. The van der Waals surface area contributed by atoms with Gasteiger partial charge in [0.25, 0.3) is 5.69 Å². The third-order valence-electron chi connectivity index (χ3n) is 2.78. The van der Waals surface area contributed by atoms with Crippen molar-refractivity contribution in [2.24, 2.45) is 0 Å². The molecule has 0 spiro atoms. The predicted octanol–water partition coefficient (Wildman–Crippen LogP) is 3.19. The average molecular weight is 260 g/mol. The first-order valence-corrected chi connectivity index (χ1v) is 5.66. The molecule has 0 radical (unpaired) electrons. The molecular weight excluding hydrogens is 249 g/mol. The van der Waals surface area contributed by atoms with E-state index in [9.17, 15) is 14.5 Å². The zero-order valence-electron chi connectivity index (χ0n) is 9.15. The molecule has 6 heteroatoms. The molecule has 0 atom stereocenters. The molecule has 0 unspecified atom stereocenters. The van der Waals surface area contributed by atoms with Gasteiger partial charge in [0.15, 0.2) is 11.6 Å². The van der Waals surface area contributed by atoms with Gasteiger partial charge in [-0.2, -0.15) is 0 Å². The number of benzene rings is 1. The molecule has 1 aliphatic carbocycles. The van der Waals surface area contributed by atoms with E-state index >= 15 is 0 Å². The molecular formula is C11H11ClFNO3. The number of halogens is 2. The second-order valence-electron chi connectivity index (χ2n) is 4.13. The van der Waals surface area contributed by atoms with Crippen molar-refractivity contribution in [3.63, 3.8) is 0 Å². The molecule has 0 N–H and O–H groups in total. The Bertz CT molecular complexity index is 460. The SMILES string of the molecule is Cc1cc(OC2CC(Cl)C2)c(F)cc1[N+](=O)[O-]. The molecule has 0 aliphatic heterocycles. The monoisotopic (exact) mass is 259 g/mol. The topological polar surface area (TPSA) is 52.4 Å². The molecule has 2 rings (SSSR count). The summed E-state index contributed by atoms with van der Waals surface area (Å²) in [5.74, 6) is -0.651. The Morgan fingerprint density at radius 1 is 1.53 bits per heavy atom. The van der Waals surface area contributed by atoms with Gasteiger partial charge in [-0.1, -0.05) is 0 Å². The fourth-order valence-electron chi connectivity index (χ4n) is 1.71. The Labute approximate surface area is 102 Å². The van der Waals surface area contributed by atoms with Crippen LogP contribution in [0.4, 0.5) is 10.1 Å². The van der Waals surface area contributed by atoms with Crippen LogP contribution >= 0.6 is 11.6 Å². The summed E-state index contributed by atoms with van der Waals surface area (Å²) in [6.07, 6.45) is 1.27. The number of hydrogen-bond donors (Lipinski definition) is 0. The van der Waals surface area contributed by atoms with E-state index < -0.39 is 10.7 Å². The highest BCUT2D eigenvalue weighted by molar-refractivity contribution is 6.21. The van der Waals surface area contributed by atoms with Gasteiger partial charge < -0.3 is 4.74 Å². The maximum atomic E-state index is 13.5. The van der Waals surface area contributed by atoms with Gasteiger partial charge in [0.2, 0.25) is 0 Å². The summed E-state index contributed by atoms with van der Waals surface area (Å²) < 4.78 is 18.9. The number of hydrogen-bond acceptors (Lipinski definition) is 3. The van der Waals surface area contributed by atoms with Crippen molar-refractivity contribution < 1.29 is 14.1 Å². The summed E-state index contributed by atoms with van der Waals surface area (Å²) in [5, 5.41) is 10.7. The van der Waals surface area contributed by atoms with Crippen molar-refractivity contribution in [3.05, 3.63) is 33.6 Å². The molecule has 4 nitrogen and oxygen atoms in total. The van der Waals surface area contributed by atoms with E-state index in [4.69, 9.17) is 16.3 Å². The highest BCUT2D eigenvalue weighted by atomic mass is 35.5. The smallest absolute Gasteiger partial charge is 0.275 e. The second-order valence-corrected chi connectivity index (χ2v) is 4.75. The normalized spacial score (nSPS) is 23.0. The van der Waals surface area contributed by atoms with Crippen LogP contribution < -0.4 is 4.74 Å². The Hall–Kier alpha value is -1.36. The van der Waals surface area contributed by atoms with Gasteiger partial charge in [-0.25, -0.2) is 4.39 Å². The van der Waals surface area contributed by atoms with Crippen LogP contribution in [-0.4, -0.2) is 16.4 Å². The molecule has 1 aromatic carbocycles. The molecule has 0 amide bonds. The minimum atomic E-state index is -0.708. The summed E-state index contributed by atoms with van der Waals surface area (Å²) in [5.41, 5.74) is 0.145. The molecule has 0 aromatic heterocycles. The molecule has 1 fully saturated rings. The van der Waals surface area contributed by atoms with Gasteiger partial charge in [-0.3, -0.25) is 10.1 Å². The molecule has 1 aromatic rings. The summed E-state index contributed by atoms with van der Waals surface area (Å²) in [6.45, 7) is 1.55. The summed E-state index contributed by atoms with van der Waals surface area (Å²) in [7, 11) is 0. The molecule has 92 valence electrons. The lowest BCUT2D eigenvalue weighted by Crippen LogP contribution is -2.34. The highest BCUT2D eigenvalue weighted by Crippen LogP contribution is 2.33. The van der Waals surface area contributed by atoms with Crippen LogP contribution in [0.2, 0.25) is 0 Å². The Balaban J connectivity index is 2.18. The molecule has 0 bridgehead atoms. The van der Waals surface area contributed by atoms with Gasteiger partial charge in [-0.05, 0) is 13.0 Å². The van der Waals surface area contributed by atoms with Crippen molar-refractivity contribution in [1.29, 1.82) is 0 Å². The molecule has 1 saturated carbocycles. The van der Waals surface area contributed by atoms with Crippen LogP contribution in [0.3, 0.4) is 0 Å². The minimum absolute atomic E-state index is 0.0571. The Morgan fingerprint density at radius 2 is 2.18 bits per heavy atom. The van der Waals surface area contributed by atoms with Crippen LogP contribution in [0.15, 0.2) is 12.1 Å². The Kier molecular flexibility index (Phi) is 3.19. The van der Waals surface area contributed by atoms with Crippen LogP contribution in [0, 0.1) is 22.9 Å². The molecule has 0 saturated heterocycles. The first kappa shape index (κ1) is 12.1. The van der Waals surface area contributed by atoms with Crippen molar-refractivity contribution >= 4 is 17.3 Å². The first-order valence-electron chi connectivity index (χ1n) is 5.22. The third-order valence-corrected chi connectivity index (χ3v) is 3.13. The number of nitrogens with zero attached hydrogens (tertiary/aromatic N) is 1. The minimum Gasteiger partial charge on any atom is -0.487 e. The number of nitro groups is 1. The molecule has 0 heterocycles. The number of aryl methyl sites for hydroxylation is 1. The van der Waals surface area contributed by atoms with Gasteiger partial charge in [0.1, 0.15) is 6.10 Å².